The lowest BCUT2D eigenvalue weighted by Crippen LogP contribution is -2.25. The number of carbonyl (C=O) groups is 2. The summed E-state index contributed by atoms with van der Waals surface area (Å²) in [5.74, 6) is -1.03. The standard InChI is InChI=1S/C17H28O6/c1-13(18)22-15(14-12-16(19)23-17(14)20)10-8-6-4-3-5-7-9-11-21-2/h12,15,17,20H,3-11H2,1-2H3. The van der Waals surface area contributed by atoms with Gasteiger partial charge in [-0.3, -0.25) is 4.79 Å². The van der Waals surface area contributed by atoms with E-state index in [1.54, 1.807) is 7.11 Å². The number of hydrogen-bond acceptors (Lipinski definition) is 6. The molecule has 0 aromatic heterocycles. The Kier molecular flexibility index (Phi) is 9.55. The first-order valence-electron chi connectivity index (χ1n) is 8.31. The summed E-state index contributed by atoms with van der Waals surface area (Å²) in [5, 5.41) is 9.67. The maximum absolute atomic E-state index is 11.2. The molecule has 1 N–H and O–H groups in total. The van der Waals surface area contributed by atoms with Crippen LogP contribution in [0.5, 0.6) is 0 Å². The summed E-state index contributed by atoms with van der Waals surface area (Å²) in [6.45, 7) is 2.14. The normalized spacial score (nSPS) is 18.5. The van der Waals surface area contributed by atoms with Crippen LogP contribution in [-0.4, -0.2) is 43.2 Å². The Morgan fingerprint density at radius 2 is 1.83 bits per heavy atom. The number of esters is 2. The summed E-state index contributed by atoms with van der Waals surface area (Å²) in [6.07, 6.45) is 7.59. The third-order valence-corrected chi connectivity index (χ3v) is 3.79. The van der Waals surface area contributed by atoms with Gasteiger partial charge in [0.1, 0.15) is 6.10 Å². The summed E-state index contributed by atoms with van der Waals surface area (Å²) >= 11 is 0. The van der Waals surface area contributed by atoms with E-state index in [2.05, 4.69) is 4.74 Å². The van der Waals surface area contributed by atoms with E-state index in [0.29, 0.717) is 12.0 Å². The van der Waals surface area contributed by atoms with Gasteiger partial charge in [0.25, 0.3) is 0 Å². The molecule has 132 valence electrons. The van der Waals surface area contributed by atoms with Crippen LogP contribution in [0.15, 0.2) is 11.6 Å². The van der Waals surface area contributed by atoms with Crippen molar-refractivity contribution in [1.29, 1.82) is 0 Å². The van der Waals surface area contributed by atoms with Crippen LogP contribution < -0.4 is 0 Å². The molecule has 6 nitrogen and oxygen atoms in total. The molecule has 0 saturated carbocycles. The van der Waals surface area contributed by atoms with Gasteiger partial charge in [-0.25, -0.2) is 4.79 Å². The van der Waals surface area contributed by atoms with Crippen LogP contribution in [0.4, 0.5) is 0 Å². The van der Waals surface area contributed by atoms with Crippen LogP contribution in [-0.2, 0) is 23.8 Å². The Morgan fingerprint density at radius 1 is 1.22 bits per heavy atom. The van der Waals surface area contributed by atoms with Crippen LogP contribution in [0.3, 0.4) is 0 Å². The minimum Gasteiger partial charge on any atom is -0.458 e. The Balaban J connectivity index is 2.23. The number of hydrogen-bond donors (Lipinski definition) is 1. The number of aliphatic hydroxyl groups excluding tert-OH is 1. The van der Waals surface area contributed by atoms with E-state index in [1.807, 2.05) is 0 Å². The monoisotopic (exact) mass is 328 g/mol. The van der Waals surface area contributed by atoms with E-state index >= 15 is 0 Å². The van der Waals surface area contributed by atoms with E-state index < -0.39 is 24.3 Å². The first-order valence-corrected chi connectivity index (χ1v) is 8.31. The molecule has 1 aliphatic rings. The molecule has 0 aromatic rings. The molecule has 2 unspecified atom stereocenters. The molecule has 6 heteroatoms. The lowest BCUT2D eigenvalue weighted by molar-refractivity contribution is -0.153. The van der Waals surface area contributed by atoms with Crippen molar-refractivity contribution >= 4 is 11.9 Å². The van der Waals surface area contributed by atoms with Crippen LogP contribution in [0.2, 0.25) is 0 Å². The quantitative estimate of drug-likeness (QED) is 0.438. The van der Waals surface area contributed by atoms with Gasteiger partial charge in [0, 0.05) is 32.3 Å². The predicted molar refractivity (Wildman–Crippen MR) is 84.5 cm³/mol. The minimum atomic E-state index is -1.30. The maximum atomic E-state index is 11.2. The Morgan fingerprint density at radius 3 is 2.35 bits per heavy atom. The van der Waals surface area contributed by atoms with Gasteiger partial charge in [0.2, 0.25) is 6.29 Å². The molecule has 1 aliphatic heterocycles. The second-order valence-electron chi connectivity index (χ2n) is 5.79. The number of carbonyl (C=O) groups excluding carboxylic acids is 2. The fourth-order valence-electron chi connectivity index (χ4n) is 2.63. The lowest BCUT2D eigenvalue weighted by Gasteiger charge is -2.19. The predicted octanol–water partition coefficient (Wildman–Crippen LogP) is 2.49. The molecule has 23 heavy (non-hydrogen) atoms. The van der Waals surface area contributed by atoms with Gasteiger partial charge < -0.3 is 19.3 Å². The summed E-state index contributed by atoms with van der Waals surface area (Å²) < 4.78 is 14.9. The maximum Gasteiger partial charge on any atom is 0.333 e. The molecule has 1 rings (SSSR count). The second kappa shape index (κ2) is 11.2. The van der Waals surface area contributed by atoms with Gasteiger partial charge in [0.15, 0.2) is 0 Å². The molecule has 2 atom stereocenters. The average molecular weight is 328 g/mol. The first kappa shape index (κ1) is 19.6. The van der Waals surface area contributed by atoms with Crippen LogP contribution in [0.1, 0.15) is 58.3 Å². The van der Waals surface area contributed by atoms with Gasteiger partial charge in [-0.2, -0.15) is 0 Å². The highest BCUT2D eigenvalue weighted by Gasteiger charge is 2.31. The average Bonchev–Trinajstić information content (AvgIpc) is 2.82. The van der Waals surface area contributed by atoms with E-state index in [1.165, 1.54) is 32.3 Å². The van der Waals surface area contributed by atoms with E-state index in [-0.39, 0.29) is 0 Å². The second-order valence-corrected chi connectivity index (χ2v) is 5.79. The van der Waals surface area contributed by atoms with Gasteiger partial charge >= 0.3 is 11.9 Å². The molecule has 0 spiro atoms. The zero-order valence-electron chi connectivity index (χ0n) is 14.1. The van der Waals surface area contributed by atoms with Crippen molar-refractivity contribution in [3.63, 3.8) is 0 Å². The fourth-order valence-corrected chi connectivity index (χ4v) is 2.63. The van der Waals surface area contributed by atoms with E-state index in [4.69, 9.17) is 9.47 Å². The zero-order chi connectivity index (χ0) is 17.1. The van der Waals surface area contributed by atoms with Crippen molar-refractivity contribution in [2.24, 2.45) is 0 Å². The third kappa shape index (κ3) is 8.13. The van der Waals surface area contributed by atoms with Crippen molar-refractivity contribution in [2.45, 2.75) is 70.7 Å². The smallest absolute Gasteiger partial charge is 0.333 e. The summed E-state index contributed by atoms with van der Waals surface area (Å²) in [4.78, 5) is 22.4. The van der Waals surface area contributed by atoms with E-state index in [0.717, 1.165) is 32.3 Å². The molecule has 0 amide bonds. The minimum absolute atomic E-state index is 0.338. The lowest BCUT2D eigenvalue weighted by atomic mass is 10.0. The van der Waals surface area contributed by atoms with Crippen LogP contribution in [0.25, 0.3) is 0 Å². The molecule has 0 fully saturated rings. The third-order valence-electron chi connectivity index (χ3n) is 3.79. The van der Waals surface area contributed by atoms with Crippen LogP contribution in [0, 0.1) is 0 Å². The molecule has 1 heterocycles. The molecule has 0 bridgehead atoms. The van der Waals surface area contributed by atoms with Crippen molar-refractivity contribution in [1.82, 2.24) is 0 Å². The Hall–Kier alpha value is -1.40. The zero-order valence-corrected chi connectivity index (χ0v) is 14.1. The number of methoxy groups -OCH3 is 1. The first-order chi connectivity index (χ1) is 11.0. The summed E-state index contributed by atoms with van der Waals surface area (Å²) in [5.41, 5.74) is 0.338. The van der Waals surface area contributed by atoms with Crippen LogP contribution >= 0.6 is 0 Å². The van der Waals surface area contributed by atoms with E-state index in [9.17, 15) is 14.7 Å². The number of cyclic esters (lactones) is 1. The Labute approximate surface area is 137 Å². The molecule has 0 radical (unpaired) electrons. The highest BCUT2D eigenvalue weighted by molar-refractivity contribution is 5.86. The molecular weight excluding hydrogens is 300 g/mol. The number of aliphatic hydroxyl groups is 1. The number of ether oxygens (including phenoxy) is 3. The van der Waals surface area contributed by atoms with Gasteiger partial charge in [-0.15, -0.1) is 0 Å². The molecular formula is C17H28O6. The number of unbranched alkanes of at least 4 members (excludes halogenated alkanes) is 6. The van der Waals surface area contributed by atoms with Crippen molar-refractivity contribution in [2.75, 3.05) is 13.7 Å². The van der Waals surface area contributed by atoms with Crippen molar-refractivity contribution in [3.05, 3.63) is 11.6 Å². The van der Waals surface area contributed by atoms with Gasteiger partial charge in [-0.1, -0.05) is 32.1 Å². The van der Waals surface area contributed by atoms with Gasteiger partial charge in [0.05, 0.1) is 0 Å². The molecule has 0 saturated heterocycles. The number of rotatable bonds is 12. The Bertz CT molecular complexity index is 404. The van der Waals surface area contributed by atoms with Crippen molar-refractivity contribution < 1.29 is 28.9 Å². The SMILES string of the molecule is COCCCCCCCCCC(OC(C)=O)C1=CC(=O)OC1O. The molecule has 0 aromatic carbocycles. The summed E-state index contributed by atoms with van der Waals surface area (Å²) in [7, 11) is 1.72. The highest BCUT2D eigenvalue weighted by Crippen LogP contribution is 2.24. The highest BCUT2D eigenvalue weighted by atomic mass is 16.6. The van der Waals surface area contributed by atoms with Gasteiger partial charge in [-0.05, 0) is 19.3 Å². The summed E-state index contributed by atoms with van der Waals surface area (Å²) in [6, 6.07) is 0. The largest absolute Gasteiger partial charge is 0.458 e. The van der Waals surface area contributed by atoms with Crippen molar-refractivity contribution in [3.8, 4) is 0 Å². The topological polar surface area (TPSA) is 82.1 Å². The fraction of sp³-hybridized carbons (Fsp3) is 0.765. The molecule has 0 aliphatic carbocycles.